The molecule has 2 N–H and O–H groups in total. The van der Waals surface area contributed by atoms with Gasteiger partial charge in [0.15, 0.2) is 0 Å². The lowest BCUT2D eigenvalue weighted by atomic mass is 10.1. The van der Waals surface area contributed by atoms with Crippen LogP contribution in [0.2, 0.25) is 0 Å². The highest BCUT2D eigenvalue weighted by Crippen LogP contribution is 2.16. The SMILES string of the molecule is CCOc1ccc(C(N)COCCCC(C)C)cc1. The standard InChI is InChI=1S/C16H27NO2/c1-4-19-15-9-7-14(8-10-15)16(17)12-18-11-5-6-13(2)3/h7-10,13,16H,4-6,11-12,17H2,1-3H3. The first-order valence-corrected chi connectivity index (χ1v) is 7.19. The van der Waals surface area contributed by atoms with Crippen LogP contribution in [-0.4, -0.2) is 19.8 Å². The Morgan fingerprint density at radius 2 is 1.84 bits per heavy atom. The van der Waals surface area contributed by atoms with E-state index in [-0.39, 0.29) is 6.04 Å². The lowest BCUT2D eigenvalue weighted by molar-refractivity contribution is 0.115. The maximum atomic E-state index is 6.10. The van der Waals surface area contributed by atoms with Crippen LogP contribution in [0.25, 0.3) is 0 Å². The van der Waals surface area contributed by atoms with Gasteiger partial charge in [-0.2, -0.15) is 0 Å². The lowest BCUT2D eigenvalue weighted by Gasteiger charge is -2.13. The molecule has 1 aromatic rings. The third-order valence-electron chi connectivity index (χ3n) is 2.99. The minimum atomic E-state index is -0.0604. The Balaban J connectivity index is 2.26. The molecule has 0 radical (unpaired) electrons. The predicted octanol–water partition coefficient (Wildman–Crippen LogP) is 3.54. The fraction of sp³-hybridized carbons (Fsp3) is 0.625. The molecule has 0 aliphatic carbocycles. The first-order valence-electron chi connectivity index (χ1n) is 7.19. The molecule has 0 bridgehead atoms. The summed E-state index contributed by atoms with van der Waals surface area (Å²) in [6.45, 7) is 8.49. The molecule has 0 fully saturated rings. The largest absolute Gasteiger partial charge is 0.494 e. The Bertz CT molecular complexity index is 335. The minimum Gasteiger partial charge on any atom is -0.494 e. The first-order chi connectivity index (χ1) is 9.13. The second kappa shape index (κ2) is 8.94. The van der Waals surface area contributed by atoms with E-state index in [0.717, 1.165) is 30.3 Å². The molecule has 0 aliphatic rings. The molecule has 1 aromatic carbocycles. The normalized spacial score (nSPS) is 12.7. The highest BCUT2D eigenvalue weighted by atomic mass is 16.5. The molecule has 0 heterocycles. The van der Waals surface area contributed by atoms with Crippen molar-refractivity contribution < 1.29 is 9.47 Å². The van der Waals surface area contributed by atoms with Crippen LogP contribution in [0.1, 0.15) is 45.2 Å². The van der Waals surface area contributed by atoms with Gasteiger partial charge in [0, 0.05) is 6.61 Å². The molecule has 3 nitrogen and oxygen atoms in total. The Morgan fingerprint density at radius 1 is 1.16 bits per heavy atom. The third kappa shape index (κ3) is 6.60. The summed E-state index contributed by atoms with van der Waals surface area (Å²) in [6, 6.07) is 7.87. The van der Waals surface area contributed by atoms with Gasteiger partial charge in [0.25, 0.3) is 0 Å². The van der Waals surface area contributed by atoms with Crippen molar-refractivity contribution in [2.24, 2.45) is 11.7 Å². The number of hydrogen-bond acceptors (Lipinski definition) is 3. The van der Waals surface area contributed by atoms with Gasteiger partial charge in [-0.25, -0.2) is 0 Å². The fourth-order valence-electron chi connectivity index (χ4n) is 1.88. The monoisotopic (exact) mass is 265 g/mol. The molecular weight excluding hydrogens is 238 g/mol. The van der Waals surface area contributed by atoms with E-state index in [4.69, 9.17) is 15.2 Å². The molecule has 0 amide bonds. The highest BCUT2D eigenvalue weighted by Gasteiger charge is 2.06. The molecule has 0 saturated carbocycles. The van der Waals surface area contributed by atoms with E-state index in [1.54, 1.807) is 0 Å². The first kappa shape index (κ1) is 16.0. The number of benzene rings is 1. The summed E-state index contributed by atoms with van der Waals surface area (Å²) in [5, 5.41) is 0. The van der Waals surface area contributed by atoms with E-state index >= 15 is 0 Å². The van der Waals surface area contributed by atoms with Crippen molar-refractivity contribution in [3.8, 4) is 5.75 Å². The maximum Gasteiger partial charge on any atom is 0.119 e. The van der Waals surface area contributed by atoms with Gasteiger partial charge in [0.05, 0.1) is 19.3 Å². The van der Waals surface area contributed by atoms with Gasteiger partial charge in [-0.05, 0) is 43.4 Å². The van der Waals surface area contributed by atoms with Crippen LogP contribution >= 0.6 is 0 Å². The fourth-order valence-corrected chi connectivity index (χ4v) is 1.88. The predicted molar refractivity (Wildman–Crippen MR) is 79.4 cm³/mol. The average Bonchev–Trinajstić information content (AvgIpc) is 2.39. The second-order valence-corrected chi connectivity index (χ2v) is 5.22. The van der Waals surface area contributed by atoms with Gasteiger partial charge in [-0.1, -0.05) is 26.0 Å². The lowest BCUT2D eigenvalue weighted by Crippen LogP contribution is -2.17. The van der Waals surface area contributed by atoms with Gasteiger partial charge < -0.3 is 15.2 Å². The molecule has 108 valence electrons. The molecule has 1 unspecified atom stereocenters. The van der Waals surface area contributed by atoms with E-state index in [1.807, 2.05) is 31.2 Å². The van der Waals surface area contributed by atoms with Crippen LogP contribution in [0, 0.1) is 5.92 Å². The smallest absolute Gasteiger partial charge is 0.119 e. The van der Waals surface area contributed by atoms with Crippen molar-refractivity contribution in [1.29, 1.82) is 0 Å². The Hall–Kier alpha value is -1.06. The minimum absolute atomic E-state index is 0.0604. The van der Waals surface area contributed by atoms with Crippen molar-refractivity contribution in [2.75, 3.05) is 19.8 Å². The van der Waals surface area contributed by atoms with Gasteiger partial charge in [-0.3, -0.25) is 0 Å². The van der Waals surface area contributed by atoms with Gasteiger partial charge in [0.1, 0.15) is 5.75 Å². The number of ether oxygens (including phenoxy) is 2. The average molecular weight is 265 g/mol. The zero-order valence-corrected chi connectivity index (χ0v) is 12.4. The Labute approximate surface area is 117 Å². The third-order valence-corrected chi connectivity index (χ3v) is 2.99. The quantitative estimate of drug-likeness (QED) is 0.695. The topological polar surface area (TPSA) is 44.5 Å². The summed E-state index contributed by atoms with van der Waals surface area (Å²) in [6.07, 6.45) is 2.31. The van der Waals surface area contributed by atoms with E-state index in [2.05, 4.69) is 13.8 Å². The zero-order valence-electron chi connectivity index (χ0n) is 12.4. The van der Waals surface area contributed by atoms with E-state index in [1.165, 1.54) is 6.42 Å². The summed E-state index contributed by atoms with van der Waals surface area (Å²) in [4.78, 5) is 0. The van der Waals surface area contributed by atoms with Crippen LogP contribution < -0.4 is 10.5 Å². The summed E-state index contributed by atoms with van der Waals surface area (Å²) in [7, 11) is 0. The summed E-state index contributed by atoms with van der Waals surface area (Å²) in [5.41, 5.74) is 7.19. The molecule has 0 spiro atoms. The number of hydrogen-bond donors (Lipinski definition) is 1. The summed E-state index contributed by atoms with van der Waals surface area (Å²) in [5.74, 6) is 1.62. The molecule has 0 aliphatic heterocycles. The van der Waals surface area contributed by atoms with Gasteiger partial charge >= 0.3 is 0 Å². The van der Waals surface area contributed by atoms with Crippen molar-refractivity contribution in [2.45, 2.75) is 39.7 Å². The maximum absolute atomic E-state index is 6.10. The molecule has 0 aromatic heterocycles. The molecule has 3 heteroatoms. The van der Waals surface area contributed by atoms with Crippen LogP contribution in [0.4, 0.5) is 0 Å². The molecular formula is C16H27NO2. The molecule has 19 heavy (non-hydrogen) atoms. The Morgan fingerprint density at radius 3 is 2.42 bits per heavy atom. The zero-order chi connectivity index (χ0) is 14.1. The van der Waals surface area contributed by atoms with Crippen molar-refractivity contribution in [3.63, 3.8) is 0 Å². The summed E-state index contributed by atoms with van der Waals surface area (Å²) >= 11 is 0. The molecule has 1 atom stereocenters. The van der Waals surface area contributed by atoms with Crippen LogP contribution in [0.15, 0.2) is 24.3 Å². The van der Waals surface area contributed by atoms with E-state index < -0.39 is 0 Å². The van der Waals surface area contributed by atoms with Crippen molar-refractivity contribution >= 4 is 0 Å². The second-order valence-electron chi connectivity index (χ2n) is 5.22. The molecule has 1 rings (SSSR count). The number of nitrogens with two attached hydrogens (primary N) is 1. The highest BCUT2D eigenvalue weighted by molar-refractivity contribution is 5.29. The van der Waals surface area contributed by atoms with E-state index in [9.17, 15) is 0 Å². The van der Waals surface area contributed by atoms with E-state index in [0.29, 0.717) is 13.2 Å². The number of rotatable bonds is 9. The van der Waals surface area contributed by atoms with Gasteiger partial charge in [0.2, 0.25) is 0 Å². The van der Waals surface area contributed by atoms with Crippen molar-refractivity contribution in [1.82, 2.24) is 0 Å². The molecule has 0 saturated heterocycles. The van der Waals surface area contributed by atoms with Crippen LogP contribution in [-0.2, 0) is 4.74 Å². The van der Waals surface area contributed by atoms with Crippen LogP contribution in [0.3, 0.4) is 0 Å². The van der Waals surface area contributed by atoms with Gasteiger partial charge in [-0.15, -0.1) is 0 Å². The Kier molecular flexibility index (Phi) is 7.53. The van der Waals surface area contributed by atoms with Crippen molar-refractivity contribution in [3.05, 3.63) is 29.8 Å². The van der Waals surface area contributed by atoms with Crippen LogP contribution in [0.5, 0.6) is 5.75 Å². The summed E-state index contributed by atoms with van der Waals surface area (Å²) < 4.78 is 11.0.